The van der Waals surface area contributed by atoms with Crippen molar-refractivity contribution in [1.82, 2.24) is 15.2 Å². The Hall–Kier alpha value is -3.38. The van der Waals surface area contributed by atoms with E-state index in [4.69, 9.17) is 11.6 Å². The second-order valence-electron chi connectivity index (χ2n) is 8.28. The van der Waals surface area contributed by atoms with Crippen molar-refractivity contribution in [2.75, 3.05) is 18.4 Å². The standard InChI is InChI=1S/C26H27ClN4O2/c1-18-5-6-21(16-24(18)30-26(33)29-17-23-4-2-3-13-28-23)25(32)31-14-11-20(12-15-31)19-7-9-22(27)10-8-19/h2-10,13,16,20H,11-12,14-15,17H2,1H3,(H2,29,30,33). The summed E-state index contributed by atoms with van der Waals surface area (Å²) in [4.78, 5) is 31.6. The lowest BCUT2D eigenvalue weighted by Gasteiger charge is -2.32. The number of carbonyl (C=O) groups excluding carboxylic acids is 2. The second kappa shape index (κ2) is 10.5. The van der Waals surface area contributed by atoms with Crippen molar-refractivity contribution < 1.29 is 9.59 Å². The van der Waals surface area contributed by atoms with Gasteiger partial charge in [-0.15, -0.1) is 0 Å². The van der Waals surface area contributed by atoms with Gasteiger partial charge in [-0.25, -0.2) is 4.79 Å². The largest absolute Gasteiger partial charge is 0.339 e. The van der Waals surface area contributed by atoms with Crippen LogP contribution in [0.2, 0.25) is 5.02 Å². The predicted octanol–water partition coefficient (Wildman–Crippen LogP) is 5.38. The molecule has 7 heteroatoms. The Morgan fingerprint density at radius 1 is 1.06 bits per heavy atom. The van der Waals surface area contributed by atoms with Crippen LogP contribution in [0.1, 0.15) is 45.9 Å². The maximum Gasteiger partial charge on any atom is 0.319 e. The van der Waals surface area contributed by atoms with Crippen molar-refractivity contribution in [3.8, 4) is 0 Å². The van der Waals surface area contributed by atoms with E-state index in [1.165, 1.54) is 5.56 Å². The number of aromatic nitrogens is 1. The molecule has 2 N–H and O–H groups in total. The lowest BCUT2D eigenvalue weighted by molar-refractivity contribution is 0.0713. The third kappa shape index (κ3) is 5.90. The summed E-state index contributed by atoms with van der Waals surface area (Å²) >= 11 is 6.00. The van der Waals surface area contributed by atoms with Gasteiger partial charge in [0.2, 0.25) is 0 Å². The van der Waals surface area contributed by atoms with Crippen LogP contribution >= 0.6 is 11.6 Å². The Kier molecular flexibility index (Phi) is 7.25. The van der Waals surface area contributed by atoms with E-state index in [9.17, 15) is 9.59 Å². The van der Waals surface area contributed by atoms with Crippen LogP contribution in [0.3, 0.4) is 0 Å². The number of nitrogens with zero attached hydrogens (tertiary/aromatic N) is 2. The van der Waals surface area contributed by atoms with Gasteiger partial charge in [-0.1, -0.05) is 35.9 Å². The van der Waals surface area contributed by atoms with Gasteiger partial charge < -0.3 is 15.5 Å². The van der Waals surface area contributed by atoms with Crippen molar-refractivity contribution in [3.63, 3.8) is 0 Å². The highest BCUT2D eigenvalue weighted by Crippen LogP contribution is 2.30. The number of hydrogen-bond donors (Lipinski definition) is 2. The number of hydrogen-bond acceptors (Lipinski definition) is 3. The number of benzene rings is 2. The summed E-state index contributed by atoms with van der Waals surface area (Å²) in [6.07, 6.45) is 3.52. The summed E-state index contributed by atoms with van der Waals surface area (Å²) in [6.45, 7) is 3.63. The first-order chi connectivity index (χ1) is 16.0. The molecule has 3 aromatic rings. The monoisotopic (exact) mass is 462 g/mol. The minimum atomic E-state index is -0.336. The molecule has 1 aliphatic heterocycles. The van der Waals surface area contributed by atoms with Crippen molar-refractivity contribution in [2.24, 2.45) is 0 Å². The normalized spacial score (nSPS) is 14.1. The number of urea groups is 1. The molecule has 0 spiro atoms. The van der Waals surface area contributed by atoms with E-state index >= 15 is 0 Å². The summed E-state index contributed by atoms with van der Waals surface area (Å²) in [7, 11) is 0. The quantitative estimate of drug-likeness (QED) is 0.534. The van der Waals surface area contributed by atoms with Crippen molar-refractivity contribution >= 4 is 29.2 Å². The topological polar surface area (TPSA) is 74.3 Å². The van der Waals surface area contributed by atoms with Crippen LogP contribution in [0.25, 0.3) is 0 Å². The van der Waals surface area contributed by atoms with Crippen LogP contribution < -0.4 is 10.6 Å². The molecule has 1 aromatic heterocycles. The first-order valence-electron chi connectivity index (χ1n) is 11.1. The zero-order valence-corrected chi connectivity index (χ0v) is 19.3. The van der Waals surface area contributed by atoms with Gasteiger partial charge in [0.15, 0.2) is 0 Å². The lowest BCUT2D eigenvalue weighted by Crippen LogP contribution is -2.38. The highest BCUT2D eigenvalue weighted by Gasteiger charge is 2.25. The van der Waals surface area contributed by atoms with Crippen molar-refractivity contribution in [2.45, 2.75) is 32.2 Å². The number of aryl methyl sites for hydroxylation is 1. The Bertz CT molecular complexity index is 1110. The van der Waals surface area contributed by atoms with E-state index in [0.717, 1.165) is 29.1 Å². The maximum absolute atomic E-state index is 13.1. The fraction of sp³-hybridized carbons (Fsp3) is 0.269. The first-order valence-corrected chi connectivity index (χ1v) is 11.5. The molecule has 170 valence electrons. The summed E-state index contributed by atoms with van der Waals surface area (Å²) in [5.74, 6) is 0.422. The molecule has 0 unspecified atom stereocenters. The van der Waals surface area contributed by atoms with Gasteiger partial charge in [0.1, 0.15) is 0 Å². The number of anilines is 1. The number of piperidine rings is 1. The summed E-state index contributed by atoms with van der Waals surface area (Å²) in [5.41, 5.74) is 4.13. The molecule has 1 aliphatic rings. The molecule has 2 heterocycles. The Morgan fingerprint density at radius 3 is 2.52 bits per heavy atom. The van der Waals surface area contributed by atoms with Crippen LogP contribution in [0.5, 0.6) is 0 Å². The SMILES string of the molecule is Cc1ccc(C(=O)N2CCC(c3ccc(Cl)cc3)CC2)cc1NC(=O)NCc1ccccn1. The van der Waals surface area contributed by atoms with Gasteiger partial charge in [0, 0.05) is 35.6 Å². The molecule has 1 saturated heterocycles. The first kappa shape index (κ1) is 22.8. The number of carbonyl (C=O) groups is 2. The molecule has 0 atom stereocenters. The number of pyridine rings is 1. The number of amides is 3. The van der Waals surface area contributed by atoms with Gasteiger partial charge in [-0.05, 0) is 73.2 Å². The number of likely N-dealkylation sites (tertiary alicyclic amines) is 1. The zero-order valence-electron chi connectivity index (χ0n) is 18.6. The molecule has 0 saturated carbocycles. The average molecular weight is 463 g/mol. The summed E-state index contributed by atoms with van der Waals surface area (Å²) in [6, 6.07) is 18.6. The smallest absolute Gasteiger partial charge is 0.319 e. The van der Waals surface area contributed by atoms with Crippen LogP contribution in [0.4, 0.5) is 10.5 Å². The fourth-order valence-corrected chi connectivity index (χ4v) is 4.19. The Balaban J connectivity index is 1.35. The van der Waals surface area contributed by atoms with Crippen LogP contribution in [-0.4, -0.2) is 34.9 Å². The number of rotatable bonds is 5. The van der Waals surface area contributed by atoms with Crippen LogP contribution in [0, 0.1) is 6.92 Å². The summed E-state index contributed by atoms with van der Waals surface area (Å²) in [5, 5.41) is 6.38. The predicted molar refractivity (Wildman–Crippen MR) is 131 cm³/mol. The molecule has 2 aromatic carbocycles. The second-order valence-corrected chi connectivity index (χ2v) is 8.71. The van der Waals surface area contributed by atoms with Crippen molar-refractivity contribution in [1.29, 1.82) is 0 Å². The molecule has 0 radical (unpaired) electrons. The lowest BCUT2D eigenvalue weighted by atomic mass is 9.89. The van der Waals surface area contributed by atoms with E-state index in [1.54, 1.807) is 12.3 Å². The Morgan fingerprint density at radius 2 is 1.82 bits per heavy atom. The maximum atomic E-state index is 13.1. The van der Waals surface area contributed by atoms with E-state index < -0.39 is 0 Å². The minimum Gasteiger partial charge on any atom is -0.339 e. The van der Waals surface area contributed by atoms with Crippen LogP contribution in [0.15, 0.2) is 66.9 Å². The molecule has 0 aliphatic carbocycles. The molecular weight excluding hydrogens is 436 g/mol. The van der Waals surface area contributed by atoms with Gasteiger partial charge in [-0.3, -0.25) is 9.78 Å². The number of halogens is 1. The highest BCUT2D eigenvalue weighted by molar-refractivity contribution is 6.30. The van der Waals surface area contributed by atoms with Gasteiger partial charge in [0.05, 0.1) is 12.2 Å². The van der Waals surface area contributed by atoms with Crippen LogP contribution in [-0.2, 0) is 6.54 Å². The summed E-state index contributed by atoms with van der Waals surface area (Å²) < 4.78 is 0. The van der Waals surface area contributed by atoms with Gasteiger partial charge >= 0.3 is 6.03 Å². The fourth-order valence-electron chi connectivity index (χ4n) is 4.06. The van der Waals surface area contributed by atoms with Crippen molar-refractivity contribution in [3.05, 3.63) is 94.3 Å². The average Bonchev–Trinajstić information content (AvgIpc) is 2.85. The Labute approximate surface area is 199 Å². The van der Waals surface area contributed by atoms with E-state index in [2.05, 4.69) is 27.8 Å². The molecule has 4 rings (SSSR count). The molecule has 33 heavy (non-hydrogen) atoms. The zero-order chi connectivity index (χ0) is 23.2. The van der Waals surface area contributed by atoms with E-state index in [-0.39, 0.29) is 11.9 Å². The third-order valence-electron chi connectivity index (χ3n) is 6.01. The van der Waals surface area contributed by atoms with E-state index in [1.807, 2.05) is 54.3 Å². The number of nitrogens with one attached hydrogen (secondary N) is 2. The van der Waals surface area contributed by atoms with E-state index in [0.29, 0.717) is 36.8 Å². The highest BCUT2D eigenvalue weighted by atomic mass is 35.5. The molecule has 1 fully saturated rings. The minimum absolute atomic E-state index is 0.0125. The molecular formula is C26H27ClN4O2. The molecule has 0 bridgehead atoms. The van der Waals surface area contributed by atoms with Gasteiger partial charge in [-0.2, -0.15) is 0 Å². The molecule has 6 nitrogen and oxygen atoms in total. The molecule has 3 amide bonds. The van der Waals surface area contributed by atoms with Gasteiger partial charge in [0.25, 0.3) is 5.91 Å². The third-order valence-corrected chi connectivity index (χ3v) is 6.26.